The number of nitrogens with zero attached hydrogens (tertiary/aromatic N) is 2. The lowest BCUT2D eigenvalue weighted by Gasteiger charge is -2.35. The minimum atomic E-state index is 0.0172. The summed E-state index contributed by atoms with van der Waals surface area (Å²) in [4.78, 5) is 16.7. The van der Waals surface area contributed by atoms with Crippen LogP contribution in [0.3, 0.4) is 0 Å². The molecule has 0 saturated carbocycles. The molecule has 1 aliphatic heterocycles. The van der Waals surface area contributed by atoms with Crippen LogP contribution in [0.15, 0.2) is 48.5 Å². The third-order valence-corrected chi connectivity index (χ3v) is 4.94. The van der Waals surface area contributed by atoms with E-state index in [2.05, 4.69) is 4.90 Å². The Bertz CT molecular complexity index is 828. The quantitative estimate of drug-likeness (QED) is 0.684. The molecule has 148 valence electrons. The normalized spacial score (nSPS) is 14.4. The number of hydrogen-bond acceptors (Lipinski definition) is 4. The number of halogens is 1. The van der Waals surface area contributed by atoms with E-state index < -0.39 is 0 Å². The average Bonchev–Trinajstić information content (AvgIpc) is 2.73. The lowest BCUT2D eigenvalue weighted by molar-refractivity contribution is -0.126. The molecule has 0 N–H and O–H groups in total. The zero-order chi connectivity index (χ0) is 19.9. The fourth-order valence-corrected chi connectivity index (χ4v) is 3.30. The van der Waals surface area contributed by atoms with E-state index in [4.69, 9.17) is 21.1 Å². The van der Waals surface area contributed by atoms with E-state index in [1.54, 1.807) is 13.2 Å². The lowest BCUT2D eigenvalue weighted by atomic mass is 10.1. The Morgan fingerprint density at radius 2 is 1.79 bits per heavy atom. The number of amides is 1. The summed E-state index contributed by atoms with van der Waals surface area (Å²) in [5, 5.41) is 0.730. The van der Waals surface area contributed by atoms with Gasteiger partial charge in [-0.3, -0.25) is 4.79 Å². The van der Waals surface area contributed by atoms with Crippen molar-refractivity contribution in [3.8, 4) is 11.5 Å². The number of methoxy groups -OCH3 is 1. The number of piperazine rings is 1. The van der Waals surface area contributed by atoms with E-state index in [1.165, 1.54) is 0 Å². The smallest absolute Gasteiger partial charge is 0.246 e. The van der Waals surface area contributed by atoms with Crippen LogP contribution in [-0.2, 0) is 4.79 Å². The van der Waals surface area contributed by atoms with Gasteiger partial charge in [0.1, 0.15) is 0 Å². The first-order valence-corrected chi connectivity index (χ1v) is 9.77. The molecule has 1 saturated heterocycles. The first-order valence-electron chi connectivity index (χ1n) is 9.39. The van der Waals surface area contributed by atoms with Gasteiger partial charge in [0.15, 0.2) is 11.5 Å². The summed E-state index contributed by atoms with van der Waals surface area (Å²) in [7, 11) is 1.61. The lowest BCUT2D eigenvalue weighted by Crippen LogP contribution is -2.48. The van der Waals surface area contributed by atoms with Crippen LogP contribution in [-0.4, -0.2) is 50.7 Å². The molecular formula is C22H25ClN2O3. The molecule has 0 radical (unpaired) electrons. The number of anilines is 1. The van der Waals surface area contributed by atoms with Crippen LogP contribution in [0, 0.1) is 0 Å². The molecular weight excluding hydrogens is 376 g/mol. The summed E-state index contributed by atoms with van der Waals surface area (Å²) in [5.74, 6) is 1.38. The van der Waals surface area contributed by atoms with E-state index in [1.807, 2.05) is 60.4 Å². The molecule has 0 bridgehead atoms. The van der Waals surface area contributed by atoms with Crippen molar-refractivity contribution < 1.29 is 14.3 Å². The monoisotopic (exact) mass is 400 g/mol. The number of carbonyl (C=O) groups excluding carboxylic acids is 1. The van der Waals surface area contributed by atoms with E-state index in [-0.39, 0.29) is 5.91 Å². The average molecular weight is 401 g/mol. The first kappa shape index (κ1) is 20.1. The molecule has 1 heterocycles. The fraction of sp³-hybridized carbons (Fsp3) is 0.318. The summed E-state index contributed by atoms with van der Waals surface area (Å²) < 4.78 is 10.9. The number of benzene rings is 2. The number of carbonyl (C=O) groups is 1. The number of ether oxygens (including phenoxy) is 2. The van der Waals surface area contributed by atoms with Crippen LogP contribution >= 0.6 is 11.6 Å². The van der Waals surface area contributed by atoms with Crippen molar-refractivity contribution in [2.24, 2.45) is 0 Å². The minimum absolute atomic E-state index is 0.0172. The Morgan fingerprint density at radius 3 is 2.43 bits per heavy atom. The van der Waals surface area contributed by atoms with Crippen molar-refractivity contribution in [3.63, 3.8) is 0 Å². The van der Waals surface area contributed by atoms with Crippen molar-refractivity contribution in [1.82, 2.24) is 4.90 Å². The first-order chi connectivity index (χ1) is 13.6. The van der Waals surface area contributed by atoms with E-state index in [0.717, 1.165) is 29.4 Å². The molecule has 1 aliphatic rings. The topological polar surface area (TPSA) is 42.0 Å². The predicted octanol–water partition coefficient (Wildman–Crippen LogP) is 4.11. The molecule has 5 nitrogen and oxygen atoms in total. The van der Waals surface area contributed by atoms with Gasteiger partial charge in [-0.1, -0.05) is 17.7 Å². The fourth-order valence-electron chi connectivity index (χ4n) is 3.17. The Balaban J connectivity index is 1.57. The highest BCUT2D eigenvalue weighted by molar-refractivity contribution is 6.30. The Morgan fingerprint density at radius 1 is 1.07 bits per heavy atom. The van der Waals surface area contributed by atoms with Gasteiger partial charge < -0.3 is 19.3 Å². The zero-order valence-corrected chi connectivity index (χ0v) is 17.0. The van der Waals surface area contributed by atoms with Crippen molar-refractivity contribution in [1.29, 1.82) is 0 Å². The van der Waals surface area contributed by atoms with Crippen LogP contribution in [0.25, 0.3) is 6.08 Å². The summed E-state index contributed by atoms with van der Waals surface area (Å²) in [5.41, 5.74) is 2.03. The predicted molar refractivity (Wildman–Crippen MR) is 113 cm³/mol. The second-order valence-corrected chi connectivity index (χ2v) is 6.90. The molecule has 0 atom stereocenters. The van der Waals surface area contributed by atoms with E-state index >= 15 is 0 Å². The highest BCUT2D eigenvalue weighted by Gasteiger charge is 2.19. The summed E-state index contributed by atoms with van der Waals surface area (Å²) in [6.45, 7) is 5.50. The van der Waals surface area contributed by atoms with Gasteiger partial charge >= 0.3 is 0 Å². The Labute approximate surface area is 171 Å². The second-order valence-electron chi connectivity index (χ2n) is 6.47. The van der Waals surface area contributed by atoms with Gasteiger partial charge in [-0.05, 0) is 55.0 Å². The Kier molecular flexibility index (Phi) is 6.82. The molecule has 1 fully saturated rings. The third kappa shape index (κ3) is 4.98. The standard InChI is InChI=1S/C22H25ClN2O3/c1-3-28-20-10-4-17(16-21(20)27-2)5-11-22(26)25-14-12-24(13-15-25)19-8-6-18(23)7-9-19/h4-11,16H,3,12-15H2,1-2H3. The number of hydrogen-bond donors (Lipinski definition) is 0. The van der Waals surface area contributed by atoms with Crippen molar-refractivity contribution >= 4 is 29.3 Å². The second kappa shape index (κ2) is 9.51. The molecule has 6 heteroatoms. The summed E-state index contributed by atoms with van der Waals surface area (Å²) in [6, 6.07) is 13.4. The molecule has 1 amide bonds. The molecule has 0 unspecified atom stereocenters. The van der Waals surface area contributed by atoms with Crippen molar-refractivity contribution in [2.45, 2.75) is 6.92 Å². The van der Waals surface area contributed by atoms with Gasteiger partial charge in [0.2, 0.25) is 5.91 Å². The molecule has 0 spiro atoms. The van der Waals surface area contributed by atoms with Gasteiger partial charge in [0.25, 0.3) is 0 Å². The Hall–Kier alpha value is -2.66. The highest BCUT2D eigenvalue weighted by atomic mass is 35.5. The van der Waals surface area contributed by atoms with Crippen molar-refractivity contribution in [3.05, 3.63) is 59.1 Å². The zero-order valence-electron chi connectivity index (χ0n) is 16.2. The number of rotatable bonds is 6. The van der Waals surface area contributed by atoms with E-state index in [0.29, 0.717) is 31.2 Å². The molecule has 2 aromatic rings. The molecule has 3 rings (SSSR count). The maximum atomic E-state index is 12.5. The van der Waals surface area contributed by atoms with Crippen LogP contribution < -0.4 is 14.4 Å². The largest absolute Gasteiger partial charge is 0.493 e. The van der Waals surface area contributed by atoms with E-state index in [9.17, 15) is 4.79 Å². The van der Waals surface area contributed by atoms with Crippen LogP contribution in [0.5, 0.6) is 11.5 Å². The third-order valence-electron chi connectivity index (χ3n) is 4.69. The summed E-state index contributed by atoms with van der Waals surface area (Å²) >= 11 is 5.95. The summed E-state index contributed by atoms with van der Waals surface area (Å²) in [6.07, 6.45) is 3.43. The van der Waals surface area contributed by atoms with Gasteiger partial charge in [-0.2, -0.15) is 0 Å². The molecule has 0 aliphatic carbocycles. The van der Waals surface area contributed by atoms with Gasteiger partial charge in [-0.25, -0.2) is 0 Å². The minimum Gasteiger partial charge on any atom is -0.493 e. The maximum absolute atomic E-state index is 12.5. The molecule has 2 aromatic carbocycles. The SMILES string of the molecule is CCOc1ccc(C=CC(=O)N2CCN(c3ccc(Cl)cc3)CC2)cc1OC. The van der Waals surface area contributed by atoms with Crippen LogP contribution in [0.1, 0.15) is 12.5 Å². The van der Waals surface area contributed by atoms with Crippen LogP contribution in [0.2, 0.25) is 5.02 Å². The molecule has 0 aromatic heterocycles. The molecule has 28 heavy (non-hydrogen) atoms. The van der Waals surface area contributed by atoms with Gasteiger partial charge in [0.05, 0.1) is 13.7 Å². The van der Waals surface area contributed by atoms with Gasteiger partial charge in [0, 0.05) is 43.0 Å². The van der Waals surface area contributed by atoms with Crippen molar-refractivity contribution in [2.75, 3.05) is 44.8 Å². The van der Waals surface area contributed by atoms with Gasteiger partial charge in [-0.15, -0.1) is 0 Å². The maximum Gasteiger partial charge on any atom is 0.246 e. The van der Waals surface area contributed by atoms with Crippen LogP contribution in [0.4, 0.5) is 5.69 Å². The highest BCUT2D eigenvalue weighted by Crippen LogP contribution is 2.28.